The molecule has 0 radical (unpaired) electrons. The number of halogens is 4. The van der Waals surface area contributed by atoms with Crippen LogP contribution in [0.4, 0.5) is 18.9 Å². The van der Waals surface area contributed by atoms with Crippen LogP contribution in [-0.2, 0) is 11.0 Å². The molecule has 1 aliphatic rings. The average Bonchev–Trinajstić information content (AvgIpc) is 3.20. The predicted molar refractivity (Wildman–Crippen MR) is 99.8 cm³/mol. The van der Waals surface area contributed by atoms with Crippen LogP contribution in [0, 0.1) is 0 Å². The van der Waals surface area contributed by atoms with Crippen molar-refractivity contribution in [3.05, 3.63) is 58.4 Å². The number of anilines is 1. The summed E-state index contributed by atoms with van der Waals surface area (Å²) in [6.45, 7) is 2.80. The molecule has 1 aromatic carbocycles. The minimum absolute atomic E-state index is 0.206. The van der Waals surface area contributed by atoms with E-state index in [0.717, 1.165) is 25.1 Å². The van der Waals surface area contributed by atoms with Gasteiger partial charge in [-0.1, -0.05) is 16.8 Å². The first-order valence-corrected chi connectivity index (χ1v) is 8.97. The largest absolute Gasteiger partial charge is 0.417 e. The van der Waals surface area contributed by atoms with E-state index < -0.39 is 17.7 Å². The average molecular weight is 412 g/mol. The topological polar surface area (TPSA) is 54.8 Å². The molecule has 0 N–H and O–H groups in total. The standard InChI is InChI=1S/C19H17ClF3N3O2/c1-12(25-28-18(27)13-4-6-15(20)7-5-13)17-16(26-8-2-3-9-26)10-14(11-24-17)19(21,22)23/h4-7,10-11H,2-3,8-9H2,1H3/b25-12-. The minimum Gasteiger partial charge on any atom is -0.370 e. The third-order valence-electron chi connectivity index (χ3n) is 4.33. The van der Waals surface area contributed by atoms with E-state index in [0.29, 0.717) is 23.8 Å². The van der Waals surface area contributed by atoms with Gasteiger partial charge in [0.1, 0.15) is 11.4 Å². The van der Waals surface area contributed by atoms with Crippen molar-refractivity contribution in [1.82, 2.24) is 4.98 Å². The first-order valence-electron chi connectivity index (χ1n) is 8.60. The Morgan fingerprint density at radius 3 is 2.46 bits per heavy atom. The van der Waals surface area contributed by atoms with Gasteiger partial charge in [-0.15, -0.1) is 0 Å². The number of aromatic nitrogens is 1. The Hall–Kier alpha value is -2.61. The van der Waals surface area contributed by atoms with Gasteiger partial charge >= 0.3 is 12.1 Å². The lowest BCUT2D eigenvalue weighted by Gasteiger charge is -2.21. The Morgan fingerprint density at radius 2 is 1.86 bits per heavy atom. The van der Waals surface area contributed by atoms with Crippen molar-refractivity contribution < 1.29 is 22.8 Å². The second-order valence-corrected chi connectivity index (χ2v) is 6.78. The molecule has 1 fully saturated rings. The van der Waals surface area contributed by atoms with E-state index >= 15 is 0 Å². The van der Waals surface area contributed by atoms with Gasteiger partial charge in [-0.2, -0.15) is 13.2 Å². The van der Waals surface area contributed by atoms with Crippen LogP contribution in [-0.4, -0.2) is 29.8 Å². The fraction of sp³-hybridized carbons (Fsp3) is 0.316. The normalized spacial score (nSPS) is 15.0. The van der Waals surface area contributed by atoms with Gasteiger partial charge in [0.2, 0.25) is 0 Å². The van der Waals surface area contributed by atoms with Gasteiger partial charge in [-0.25, -0.2) is 4.79 Å². The van der Waals surface area contributed by atoms with Crippen molar-refractivity contribution in [2.75, 3.05) is 18.0 Å². The van der Waals surface area contributed by atoms with Crippen LogP contribution >= 0.6 is 11.6 Å². The van der Waals surface area contributed by atoms with E-state index in [1.165, 1.54) is 31.2 Å². The summed E-state index contributed by atoms with van der Waals surface area (Å²) in [5.41, 5.74) is 0.207. The molecule has 1 aromatic heterocycles. The maximum Gasteiger partial charge on any atom is 0.417 e. The van der Waals surface area contributed by atoms with Crippen LogP contribution in [0.3, 0.4) is 0 Å². The van der Waals surface area contributed by atoms with Crippen molar-refractivity contribution in [3.8, 4) is 0 Å². The summed E-state index contributed by atoms with van der Waals surface area (Å²) in [4.78, 5) is 22.8. The number of carbonyl (C=O) groups excluding carboxylic acids is 1. The summed E-state index contributed by atoms with van der Waals surface area (Å²) in [7, 11) is 0. The number of hydrogen-bond donors (Lipinski definition) is 0. The highest BCUT2D eigenvalue weighted by molar-refractivity contribution is 6.30. The van der Waals surface area contributed by atoms with Crippen LogP contribution in [0.2, 0.25) is 5.02 Å². The lowest BCUT2D eigenvalue weighted by molar-refractivity contribution is -0.137. The molecule has 0 amide bonds. The molecule has 1 aliphatic heterocycles. The molecular formula is C19H17ClF3N3O2. The Labute approximate surface area is 164 Å². The Bertz CT molecular complexity index is 892. The van der Waals surface area contributed by atoms with Crippen molar-refractivity contribution in [3.63, 3.8) is 0 Å². The number of oxime groups is 1. The molecule has 0 aliphatic carbocycles. The van der Waals surface area contributed by atoms with Crippen LogP contribution in [0.15, 0.2) is 41.7 Å². The molecule has 1 saturated heterocycles. The quantitative estimate of drug-likeness (QED) is 0.406. The molecule has 2 aromatic rings. The predicted octanol–water partition coefficient (Wildman–Crippen LogP) is 4.94. The molecule has 0 bridgehead atoms. The first-order chi connectivity index (χ1) is 13.3. The third-order valence-corrected chi connectivity index (χ3v) is 4.58. The van der Waals surface area contributed by atoms with E-state index in [2.05, 4.69) is 10.1 Å². The molecule has 148 valence electrons. The van der Waals surface area contributed by atoms with Crippen molar-refractivity contribution in [2.45, 2.75) is 25.9 Å². The molecule has 5 nitrogen and oxygen atoms in total. The molecule has 2 heterocycles. The SMILES string of the molecule is C/C(=N/OC(=O)c1ccc(Cl)cc1)c1ncc(C(F)(F)F)cc1N1CCCC1. The summed E-state index contributed by atoms with van der Waals surface area (Å²) < 4.78 is 39.3. The van der Waals surface area contributed by atoms with Crippen molar-refractivity contribution in [2.24, 2.45) is 5.16 Å². The molecule has 3 rings (SSSR count). The minimum atomic E-state index is -4.49. The van der Waals surface area contributed by atoms with Gasteiger partial charge in [0.25, 0.3) is 0 Å². The fourth-order valence-corrected chi connectivity index (χ4v) is 3.00. The lowest BCUT2D eigenvalue weighted by Crippen LogP contribution is -2.22. The van der Waals surface area contributed by atoms with Gasteiger partial charge in [0, 0.05) is 24.3 Å². The van der Waals surface area contributed by atoms with E-state index in [-0.39, 0.29) is 17.0 Å². The van der Waals surface area contributed by atoms with E-state index in [1.54, 1.807) is 0 Å². The van der Waals surface area contributed by atoms with Crippen LogP contribution in [0.25, 0.3) is 0 Å². The number of alkyl halides is 3. The smallest absolute Gasteiger partial charge is 0.370 e. The summed E-state index contributed by atoms with van der Waals surface area (Å²) >= 11 is 5.78. The number of pyridine rings is 1. The number of nitrogens with zero attached hydrogens (tertiary/aromatic N) is 3. The van der Waals surface area contributed by atoms with Gasteiger partial charge in [-0.05, 0) is 50.1 Å². The summed E-state index contributed by atoms with van der Waals surface area (Å²) in [5.74, 6) is -0.703. The number of benzene rings is 1. The lowest BCUT2D eigenvalue weighted by atomic mass is 10.1. The highest BCUT2D eigenvalue weighted by Crippen LogP contribution is 2.33. The number of hydrogen-bond acceptors (Lipinski definition) is 5. The zero-order valence-corrected chi connectivity index (χ0v) is 15.7. The summed E-state index contributed by atoms with van der Waals surface area (Å²) in [5, 5.41) is 4.25. The van der Waals surface area contributed by atoms with E-state index in [1.807, 2.05) is 4.90 Å². The molecule has 9 heteroatoms. The molecular weight excluding hydrogens is 395 g/mol. The number of rotatable bonds is 4. The molecule has 0 atom stereocenters. The second kappa shape index (κ2) is 8.18. The van der Waals surface area contributed by atoms with E-state index in [4.69, 9.17) is 16.4 Å². The molecule has 0 spiro atoms. The maximum atomic E-state index is 13.1. The molecule has 0 unspecified atom stereocenters. The summed E-state index contributed by atoms with van der Waals surface area (Å²) in [6.07, 6.45) is -1.96. The number of carbonyl (C=O) groups is 1. The fourth-order valence-electron chi connectivity index (χ4n) is 2.88. The highest BCUT2D eigenvalue weighted by atomic mass is 35.5. The third kappa shape index (κ3) is 4.62. The van der Waals surface area contributed by atoms with Crippen molar-refractivity contribution in [1.29, 1.82) is 0 Å². The molecule has 0 saturated carbocycles. The van der Waals surface area contributed by atoms with Gasteiger partial charge in [0.05, 0.1) is 16.8 Å². The highest BCUT2D eigenvalue weighted by Gasteiger charge is 2.33. The van der Waals surface area contributed by atoms with Crippen LogP contribution in [0.5, 0.6) is 0 Å². The Morgan fingerprint density at radius 1 is 1.21 bits per heavy atom. The van der Waals surface area contributed by atoms with Gasteiger partial charge in [0.15, 0.2) is 0 Å². The summed E-state index contributed by atoms with van der Waals surface area (Å²) in [6, 6.07) is 7.12. The Balaban J connectivity index is 1.87. The van der Waals surface area contributed by atoms with Gasteiger partial charge < -0.3 is 9.74 Å². The Kier molecular flexibility index (Phi) is 5.88. The van der Waals surface area contributed by atoms with Gasteiger partial charge in [-0.3, -0.25) is 4.98 Å². The first kappa shape index (κ1) is 20.1. The molecule has 28 heavy (non-hydrogen) atoms. The zero-order chi connectivity index (χ0) is 20.3. The monoisotopic (exact) mass is 411 g/mol. The van der Waals surface area contributed by atoms with Crippen LogP contribution in [0.1, 0.15) is 41.4 Å². The maximum absolute atomic E-state index is 13.1. The van der Waals surface area contributed by atoms with Crippen molar-refractivity contribution >= 4 is 29.0 Å². The second-order valence-electron chi connectivity index (χ2n) is 6.35. The zero-order valence-electron chi connectivity index (χ0n) is 15.0. The van der Waals surface area contributed by atoms with Crippen LogP contribution < -0.4 is 4.90 Å². The van der Waals surface area contributed by atoms with E-state index in [9.17, 15) is 18.0 Å².